The molecule has 0 aliphatic rings. The predicted molar refractivity (Wildman–Crippen MR) is 106 cm³/mol. The number of hydrogen-bond donors (Lipinski definition) is 1. The normalized spacial score (nSPS) is 10.1. The zero-order valence-electron chi connectivity index (χ0n) is 15.7. The number of esters is 2. The van der Waals surface area contributed by atoms with Crippen LogP contribution in [0.2, 0.25) is 0 Å². The summed E-state index contributed by atoms with van der Waals surface area (Å²) in [6.07, 6.45) is 1.44. The van der Waals surface area contributed by atoms with Crippen molar-refractivity contribution in [2.24, 2.45) is 0 Å². The fraction of sp³-hybridized carbons (Fsp3) is 0.250. The van der Waals surface area contributed by atoms with Gasteiger partial charge >= 0.3 is 11.9 Å². The largest absolute Gasteiger partial charge is 0.484 e. The Labute approximate surface area is 166 Å². The predicted octanol–water partition coefficient (Wildman–Crippen LogP) is 3.59. The second-order valence-electron chi connectivity index (χ2n) is 5.52. The molecule has 7 nitrogen and oxygen atoms in total. The molecule has 0 saturated heterocycles. The molecule has 0 spiro atoms. The Morgan fingerprint density at radius 2 is 1.86 bits per heavy atom. The van der Waals surface area contributed by atoms with Crippen molar-refractivity contribution in [3.63, 3.8) is 0 Å². The Balaban J connectivity index is 2.20. The lowest BCUT2D eigenvalue weighted by atomic mass is 10.1. The maximum absolute atomic E-state index is 12.3. The summed E-state index contributed by atoms with van der Waals surface area (Å²) in [6.45, 7) is 6.71. The van der Waals surface area contributed by atoms with Crippen molar-refractivity contribution in [1.82, 2.24) is 0 Å². The summed E-state index contributed by atoms with van der Waals surface area (Å²) in [7, 11) is 0. The first-order valence-corrected chi connectivity index (χ1v) is 9.35. The number of thiophene rings is 1. The number of carbonyl (C=O) groups excluding carboxylic acids is 3. The zero-order chi connectivity index (χ0) is 20.5. The molecule has 1 heterocycles. The van der Waals surface area contributed by atoms with Crippen LogP contribution >= 0.6 is 11.3 Å². The van der Waals surface area contributed by atoms with Crippen molar-refractivity contribution in [3.05, 3.63) is 59.0 Å². The van der Waals surface area contributed by atoms with Gasteiger partial charge in [0.1, 0.15) is 22.2 Å². The molecule has 0 fully saturated rings. The van der Waals surface area contributed by atoms with Gasteiger partial charge in [-0.25, -0.2) is 9.59 Å². The highest BCUT2D eigenvalue weighted by atomic mass is 32.1. The maximum Gasteiger partial charge on any atom is 0.348 e. The molecule has 0 aliphatic heterocycles. The third-order valence-corrected chi connectivity index (χ3v) is 4.70. The second-order valence-corrected chi connectivity index (χ2v) is 6.54. The van der Waals surface area contributed by atoms with E-state index in [1.807, 2.05) is 6.07 Å². The topological polar surface area (TPSA) is 90.9 Å². The first-order valence-electron chi connectivity index (χ1n) is 8.54. The van der Waals surface area contributed by atoms with Crippen LogP contribution in [-0.4, -0.2) is 37.7 Å². The van der Waals surface area contributed by atoms with Gasteiger partial charge in [0, 0.05) is 0 Å². The molecular weight excluding hydrogens is 382 g/mol. The van der Waals surface area contributed by atoms with Crippen LogP contribution in [0.4, 0.5) is 5.00 Å². The molecule has 0 atom stereocenters. The van der Waals surface area contributed by atoms with Crippen molar-refractivity contribution in [1.29, 1.82) is 0 Å². The van der Waals surface area contributed by atoms with Crippen molar-refractivity contribution in [2.75, 3.05) is 25.1 Å². The number of anilines is 1. The van der Waals surface area contributed by atoms with Crippen LogP contribution in [0.25, 0.3) is 0 Å². The van der Waals surface area contributed by atoms with Crippen molar-refractivity contribution in [3.8, 4) is 5.75 Å². The van der Waals surface area contributed by atoms with E-state index >= 15 is 0 Å². The van der Waals surface area contributed by atoms with E-state index in [1.165, 1.54) is 6.08 Å². The number of carbonyl (C=O) groups is 3. The van der Waals surface area contributed by atoms with Gasteiger partial charge in [0.25, 0.3) is 5.91 Å². The number of rotatable bonds is 9. The SMILES string of the molecule is C=CCOC(=O)c1sc(NC(=O)COc2ccccc2)c(C(=O)OCC)c1C. The fourth-order valence-corrected chi connectivity index (χ4v) is 3.38. The summed E-state index contributed by atoms with van der Waals surface area (Å²) in [5.74, 6) is -1.16. The molecule has 8 heteroatoms. The van der Waals surface area contributed by atoms with E-state index in [-0.39, 0.29) is 35.3 Å². The monoisotopic (exact) mass is 403 g/mol. The van der Waals surface area contributed by atoms with E-state index in [1.54, 1.807) is 38.1 Å². The van der Waals surface area contributed by atoms with E-state index in [9.17, 15) is 14.4 Å². The Bertz CT molecular complexity index is 859. The molecule has 0 radical (unpaired) electrons. The summed E-state index contributed by atoms with van der Waals surface area (Å²) >= 11 is 0.952. The van der Waals surface area contributed by atoms with Gasteiger partial charge in [-0.1, -0.05) is 30.9 Å². The highest BCUT2D eigenvalue weighted by molar-refractivity contribution is 7.18. The van der Waals surface area contributed by atoms with Crippen LogP contribution in [0.15, 0.2) is 43.0 Å². The minimum absolute atomic E-state index is 0.0392. The van der Waals surface area contributed by atoms with E-state index < -0.39 is 17.8 Å². The number of ether oxygens (including phenoxy) is 3. The lowest BCUT2D eigenvalue weighted by molar-refractivity contribution is -0.118. The molecular formula is C20H21NO6S. The van der Waals surface area contributed by atoms with Crippen molar-refractivity contribution in [2.45, 2.75) is 13.8 Å². The molecule has 148 valence electrons. The lowest BCUT2D eigenvalue weighted by Crippen LogP contribution is -2.21. The van der Waals surface area contributed by atoms with Gasteiger partial charge in [-0.15, -0.1) is 11.3 Å². The molecule has 0 aliphatic carbocycles. The van der Waals surface area contributed by atoms with Gasteiger partial charge in [-0.3, -0.25) is 4.79 Å². The highest BCUT2D eigenvalue weighted by Crippen LogP contribution is 2.34. The molecule has 1 amide bonds. The Kier molecular flexibility index (Phi) is 7.76. The lowest BCUT2D eigenvalue weighted by Gasteiger charge is -2.08. The number of para-hydroxylation sites is 1. The number of nitrogens with one attached hydrogen (secondary N) is 1. The Hall–Kier alpha value is -3.13. The smallest absolute Gasteiger partial charge is 0.348 e. The molecule has 1 aromatic carbocycles. The maximum atomic E-state index is 12.3. The molecule has 2 aromatic rings. The summed E-state index contributed by atoms with van der Waals surface area (Å²) in [6, 6.07) is 8.85. The van der Waals surface area contributed by atoms with Gasteiger partial charge in [-0.2, -0.15) is 0 Å². The summed E-state index contributed by atoms with van der Waals surface area (Å²) in [4.78, 5) is 37.0. The van der Waals surface area contributed by atoms with E-state index in [2.05, 4.69) is 11.9 Å². The number of hydrogen-bond acceptors (Lipinski definition) is 7. The van der Waals surface area contributed by atoms with Crippen molar-refractivity contribution < 1.29 is 28.6 Å². The van der Waals surface area contributed by atoms with Crippen LogP contribution in [0.1, 0.15) is 32.5 Å². The third-order valence-electron chi connectivity index (χ3n) is 3.51. The standard InChI is InChI=1S/C20H21NO6S/c1-4-11-26-20(24)17-13(3)16(19(23)25-5-2)18(28-17)21-15(22)12-27-14-9-7-6-8-10-14/h4,6-10H,1,5,11-12H2,2-3H3,(H,21,22). The molecule has 1 N–H and O–H groups in total. The molecule has 1 aromatic heterocycles. The van der Waals surface area contributed by atoms with Gasteiger partial charge in [0.05, 0.1) is 12.2 Å². The number of benzene rings is 1. The van der Waals surface area contributed by atoms with Crippen LogP contribution in [-0.2, 0) is 14.3 Å². The average molecular weight is 403 g/mol. The summed E-state index contributed by atoms with van der Waals surface area (Å²) in [5, 5.41) is 2.83. The van der Waals surface area contributed by atoms with Gasteiger partial charge in [0.2, 0.25) is 0 Å². The second kappa shape index (κ2) is 10.3. The van der Waals surface area contributed by atoms with Crippen LogP contribution in [0.3, 0.4) is 0 Å². The fourth-order valence-electron chi connectivity index (χ4n) is 2.27. The van der Waals surface area contributed by atoms with Crippen LogP contribution in [0, 0.1) is 6.92 Å². The van der Waals surface area contributed by atoms with E-state index in [0.29, 0.717) is 11.3 Å². The quantitative estimate of drug-likeness (QED) is 0.508. The minimum Gasteiger partial charge on any atom is -0.484 e. The summed E-state index contributed by atoms with van der Waals surface area (Å²) in [5.41, 5.74) is 0.516. The average Bonchev–Trinajstić information content (AvgIpc) is 3.01. The molecule has 0 unspecified atom stereocenters. The third kappa shape index (κ3) is 5.43. The first kappa shape index (κ1) is 21.2. The Morgan fingerprint density at radius 3 is 2.50 bits per heavy atom. The molecule has 0 saturated carbocycles. The van der Waals surface area contributed by atoms with Crippen molar-refractivity contribution >= 4 is 34.2 Å². The van der Waals surface area contributed by atoms with E-state index in [4.69, 9.17) is 14.2 Å². The number of amides is 1. The van der Waals surface area contributed by atoms with Gasteiger partial charge in [-0.05, 0) is 31.5 Å². The molecule has 28 heavy (non-hydrogen) atoms. The van der Waals surface area contributed by atoms with Gasteiger partial charge in [0.15, 0.2) is 6.61 Å². The minimum atomic E-state index is -0.627. The van der Waals surface area contributed by atoms with Crippen LogP contribution < -0.4 is 10.1 Å². The zero-order valence-corrected chi connectivity index (χ0v) is 16.5. The van der Waals surface area contributed by atoms with E-state index in [0.717, 1.165) is 11.3 Å². The first-order chi connectivity index (χ1) is 13.5. The Morgan fingerprint density at radius 1 is 1.14 bits per heavy atom. The van der Waals surface area contributed by atoms with Crippen LogP contribution in [0.5, 0.6) is 5.75 Å². The van der Waals surface area contributed by atoms with Gasteiger partial charge < -0.3 is 19.5 Å². The molecule has 0 bridgehead atoms. The molecule has 2 rings (SSSR count). The summed E-state index contributed by atoms with van der Waals surface area (Å²) < 4.78 is 15.5. The highest BCUT2D eigenvalue weighted by Gasteiger charge is 2.27.